The second-order valence-corrected chi connectivity index (χ2v) is 5.06. The lowest BCUT2D eigenvalue weighted by molar-refractivity contribution is -0.385. The number of rotatable bonds is 4. The van der Waals surface area contributed by atoms with E-state index in [4.69, 9.17) is 0 Å². The number of aliphatic hydroxyl groups excluding tert-OH is 1. The Labute approximate surface area is 122 Å². The van der Waals surface area contributed by atoms with Gasteiger partial charge in [-0.1, -0.05) is 13.0 Å². The SMILES string of the molecule is CCc1ccc(NC(=O)N2CCC[C@H]2CO)cc1[N+](=O)[O-]. The number of nitro benzene ring substituents is 1. The summed E-state index contributed by atoms with van der Waals surface area (Å²) < 4.78 is 0. The van der Waals surface area contributed by atoms with Gasteiger partial charge in [-0.3, -0.25) is 10.1 Å². The standard InChI is InChI=1S/C14H19N3O4/c1-2-10-5-6-11(8-13(10)17(20)21)15-14(19)16-7-3-4-12(16)9-18/h5-6,8,12,18H,2-4,7,9H2,1H3,(H,15,19)/t12-/m0/s1. The van der Waals surface area contributed by atoms with E-state index in [-0.39, 0.29) is 24.4 Å². The number of carbonyl (C=O) groups excluding carboxylic acids is 1. The van der Waals surface area contributed by atoms with Crippen LogP contribution in [0.1, 0.15) is 25.3 Å². The molecular formula is C14H19N3O4. The lowest BCUT2D eigenvalue weighted by atomic mass is 10.1. The average molecular weight is 293 g/mol. The largest absolute Gasteiger partial charge is 0.394 e. The first-order chi connectivity index (χ1) is 10.1. The molecule has 7 heteroatoms. The van der Waals surface area contributed by atoms with E-state index in [1.165, 1.54) is 6.07 Å². The molecule has 1 heterocycles. The molecule has 114 valence electrons. The van der Waals surface area contributed by atoms with E-state index in [1.807, 2.05) is 6.92 Å². The second kappa shape index (κ2) is 6.53. The summed E-state index contributed by atoms with van der Waals surface area (Å²) in [6.45, 7) is 2.37. The van der Waals surface area contributed by atoms with Crippen LogP contribution in [0.2, 0.25) is 0 Å². The lowest BCUT2D eigenvalue weighted by Crippen LogP contribution is -2.40. The summed E-state index contributed by atoms with van der Waals surface area (Å²) in [5.74, 6) is 0. The zero-order valence-corrected chi connectivity index (χ0v) is 11.9. The highest BCUT2D eigenvalue weighted by molar-refractivity contribution is 5.90. The number of aliphatic hydroxyl groups is 1. The van der Waals surface area contributed by atoms with Crippen LogP contribution in [0.3, 0.4) is 0 Å². The van der Waals surface area contributed by atoms with Crippen molar-refractivity contribution in [3.8, 4) is 0 Å². The molecular weight excluding hydrogens is 274 g/mol. The number of benzene rings is 1. The minimum atomic E-state index is -0.444. The molecule has 2 N–H and O–H groups in total. The van der Waals surface area contributed by atoms with Crippen LogP contribution in [0.25, 0.3) is 0 Å². The minimum Gasteiger partial charge on any atom is -0.394 e. The molecule has 1 aromatic rings. The van der Waals surface area contributed by atoms with Gasteiger partial charge in [0.25, 0.3) is 5.69 Å². The van der Waals surface area contributed by atoms with Gasteiger partial charge in [0.2, 0.25) is 0 Å². The number of nitrogens with one attached hydrogen (secondary N) is 1. The van der Waals surface area contributed by atoms with Gasteiger partial charge in [0.15, 0.2) is 0 Å². The average Bonchev–Trinajstić information content (AvgIpc) is 2.95. The fraction of sp³-hybridized carbons (Fsp3) is 0.500. The molecule has 1 aromatic carbocycles. The molecule has 0 aromatic heterocycles. The number of amides is 2. The van der Waals surface area contributed by atoms with Crippen LogP contribution in [0.4, 0.5) is 16.2 Å². The molecule has 0 radical (unpaired) electrons. The molecule has 0 aliphatic carbocycles. The first-order valence-electron chi connectivity index (χ1n) is 7.02. The Morgan fingerprint density at radius 2 is 2.33 bits per heavy atom. The maximum absolute atomic E-state index is 12.2. The third-order valence-electron chi connectivity index (χ3n) is 3.76. The van der Waals surface area contributed by atoms with Crippen molar-refractivity contribution in [1.82, 2.24) is 4.90 Å². The van der Waals surface area contributed by atoms with Gasteiger partial charge in [-0.2, -0.15) is 0 Å². The van der Waals surface area contributed by atoms with E-state index >= 15 is 0 Å². The van der Waals surface area contributed by atoms with E-state index in [1.54, 1.807) is 17.0 Å². The number of likely N-dealkylation sites (tertiary alicyclic amines) is 1. The molecule has 0 bridgehead atoms. The van der Waals surface area contributed by atoms with E-state index in [0.29, 0.717) is 24.2 Å². The number of hydrogen-bond acceptors (Lipinski definition) is 4. The van der Waals surface area contributed by atoms with Crippen molar-refractivity contribution in [3.05, 3.63) is 33.9 Å². The van der Waals surface area contributed by atoms with Crippen LogP contribution < -0.4 is 5.32 Å². The van der Waals surface area contributed by atoms with Gasteiger partial charge in [-0.25, -0.2) is 4.79 Å². The third-order valence-corrected chi connectivity index (χ3v) is 3.76. The van der Waals surface area contributed by atoms with Gasteiger partial charge in [0.1, 0.15) is 0 Å². The van der Waals surface area contributed by atoms with Crippen LogP contribution in [0, 0.1) is 10.1 Å². The van der Waals surface area contributed by atoms with Crippen LogP contribution >= 0.6 is 0 Å². The number of urea groups is 1. The summed E-state index contributed by atoms with van der Waals surface area (Å²) in [4.78, 5) is 24.3. The molecule has 1 fully saturated rings. The number of aryl methyl sites for hydroxylation is 1. The molecule has 1 aliphatic heterocycles. The van der Waals surface area contributed by atoms with Crippen LogP contribution in [-0.2, 0) is 6.42 Å². The normalized spacial score (nSPS) is 17.8. The van der Waals surface area contributed by atoms with Crippen LogP contribution in [0.15, 0.2) is 18.2 Å². The first-order valence-corrected chi connectivity index (χ1v) is 7.02. The highest BCUT2D eigenvalue weighted by Gasteiger charge is 2.28. The fourth-order valence-electron chi connectivity index (χ4n) is 2.60. The number of nitrogens with zero attached hydrogens (tertiary/aromatic N) is 2. The van der Waals surface area contributed by atoms with Gasteiger partial charge in [-0.15, -0.1) is 0 Å². The predicted molar refractivity (Wildman–Crippen MR) is 78.3 cm³/mol. The lowest BCUT2D eigenvalue weighted by Gasteiger charge is -2.23. The molecule has 0 unspecified atom stereocenters. The van der Waals surface area contributed by atoms with Crippen LogP contribution in [0.5, 0.6) is 0 Å². The Bertz CT molecular complexity index is 547. The Hall–Kier alpha value is -2.15. The van der Waals surface area contributed by atoms with Gasteiger partial charge >= 0.3 is 6.03 Å². The summed E-state index contributed by atoms with van der Waals surface area (Å²) in [6.07, 6.45) is 2.19. The summed E-state index contributed by atoms with van der Waals surface area (Å²) in [7, 11) is 0. The number of carbonyl (C=O) groups is 1. The van der Waals surface area contributed by atoms with Crippen LogP contribution in [-0.4, -0.2) is 40.2 Å². The highest BCUT2D eigenvalue weighted by atomic mass is 16.6. The molecule has 7 nitrogen and oxygen atoms in total. The Kier molecular flexibility index (Phi) is 4.74. The summed E-state index contributed by atoms with van der Waals surface area (Å²) in [6, 6.07) is 4.19. The maximum atomic E-state index is 12.2. The molecule has 1 aliphatic rings. The van der Waals surface area contributed by atoms with E-state index in [9.17, 15) is 20.0 Å². The maximum Gasteiger partial charge on any atom is 0.322 e. The van der Waals surface area contributed by atoms with Crippen molar-refractivity contribution in [2.24, 2.45) is 0 Å². The zero-order valence-electron chi connectivity index (χ0n) is 11.9. The Balaban J connectivity index is 2.14. The van der Waals surface area contributed by atoms with Gasteiger partial charge in [0, 0.05) is 23.9 Å². The topological polar surface area (TPSA) is 95.7 Å². The molecule has 1 saturated heterocycles. The van der Waals surface area contributed by atoms with Crippen molar-refractivity contribution in [3.63, 3.8) is 0 Å². The highest BCUT2D eigenvalue weighted by Crippen LogP contribution is 2.25. The summed E-state index contributed by atoms with van der Waals surface area (Å²) in [5, 5.41) is 22.9. The Morgan fingerprint density at radius 1 is 1.57 bits per heavy atom. The van der Waals surface area contributed by atoms with Gasteiger partial charge in [-0.05, 0) is 25.3 Å². The molecule has 21 heavy (non-hydrogen) atoms. The number of nitro groups is 1. The van der Waals surface area contributed by atoms with Crippen molar-refractivity contribution in [2.75, 3.05) is 18.5 Å². The molecule has 2 amide bonds. The molecule has 2 rings (SSSR count). The molecule has 0 spiro atoms. The quantitative estimate of drug-likeness (QED) is 0.656. The summed E-state index contributed by atoms with van der Waals surface area (Å²) >= 11 is 0. The predicted octanol–water partition coefficient (Wildman–Crippen LogP) is 2.15. The number of anilines is 1. The monoisotopic (exact) mass is 293 g/mol. The smallest absolute Gasteiger partial charge is 0.322 e. The molecule has 1 atom stereocenters. The first kappa shape index (κ1) is 15.2. The van der Waals surface area contributed by atoms with Crippen molar-refractivity contribution < 1.29 is 14.8 Å². The minimum absolute atomic E-state index is 0.00966. The zero-order chi connectivity index (χ0) is 15.4. The summed E-state index contributed by atoms with van der Waals surface area (Å²) in [5.41, 5.74) is 1.04. The van der Waals surface area contributed by atoms with E-state index in [0.717, 1.165) is 12.8 Å². The Morgan fingerprint density at radius 3 is 2.95 bits per heavy atom. The second-order valence-electron chi connectivity index (χ2n) is 5.06. The van der Waals surface area contributed by atoms with Crippen molar-refractivity contribution >= 4 is 17.4 Å². The molecule has 0 saturated carbocycles. The number of hydrogen-bond donors (Lipinski definition) is 2. The van der Waals surface area contributed by atoms with Crippen molar-refractivity contribution in [1.29, 1.82) is 0 Å². The van der Waals surface area contributed by atoms with Gasteiger partial charge in [0.05, 0.1) is 17.6 Å². The van der Waals surface area contributed by atoms with Crippen molar-refractivity contribution in [2.45, 2.75) is 32.2 Å². The van der Waals surface area contributed by atoms with E-state index < -0.39 is 4.92 Å². The van der Waals surface area contributed by atoms with E-state index in [2.05, 4.69) is 5.32 Å². The third kappa shape index (κ3) is 3.30. The van der Waals surface area contributed by atoms with Gasteiger partial charge < -0.3 is 15.3 Å². The fourth-order valence-corrected chi connectivity index (χ4v) is 2.60.